The maximum absolute atomic E-state index is 13.2. The standard InChI is InChI=1S/C17H19F2N3O3/c1-10-4-2-3-5-17(10)15(24)22(16(25)21-17)9-14(23)20-13-7-11(18)6-12(19)8-13/h6-8,10H,2-5,9H2,1H3,(H,20,23)(H,21,25)/t10-,17+/m1/s1. The van der Waals surface area contributed by atoms with Crippen molar-refractivity contribution in [2.45, 2.75) is 38.1 Å². The number of hydrogen-bond donors (Lipinski definition) is 2. The minimum absolute atomic E-state index is 0.0110. The molecule has 1 aliphatic carbocycles. The third-order valence-corrected chi connectivity index (χ3v) is 4.95. The molecule has 0 aromatic heterocycles. The minimum Gasteiger partial charge on any atom is -0.324 e. The molecule has 2 aliphatic rings. The number of carbonyl (C=O) groups is 3. The predicted molar refractivity (Wildman–Crippen MR) is 85.6 cm³/mol. The van der Waals surface area contributed by atoms with Crippen molar-refractivity contribution in [3.05, 3.63) is 29.8 Å². The maximum atomic E-state index is 13.2. The minimum atomic E-state index is -0.944. The molecule has 3 rings (SSSR count). The first-order chi connectivity index (χ1) is 11.8. The Morgan fingerprint density at radius 2 is 1.96 bits per heavy atom. The van der Waals surface area contributed by atoms with Gasteiger partial charge in [0.2, 0.25) is 5.91 Å². The Hall–Kier alpha value is -2.51. The summed E-state index contributed by atoms with van der Waals surface area (Å²) in [7, 11) is 0. The van der Waals surface area contributed by atoms with Crippen molar-refractivity contribution in [3.8, 4) is 0 Å². The number of urea groups is 1. The van der Waals surface area contributed by atoms with Gasteiger partial charge in [-0.3, -0.25) is 14.5 Å². The molecule has 134 valence electrons. The van der Waals surface area contributed by atoms with Crippen LogP contribution in [-0.4, -0.2) is 34.8 Å². The lowest BCUT2D eigenvalue weighted by Crippen LogP contribution is -2.54. The van der Waals surface area contributed by atoms with Crippen LogP contribution in [0.1, 0.15) is 32.6 Å². The van der Waals surface area contributed by atoms with E-state index in [0.29, 0.717) is 12.5 Å². The predicted octanol–water partition coefficient (Wildman–Crippen LogP) is 2.40. The van der Waals surface area contributed by atoms with E-state index in [4.69, 9.17) is 0 Å². The van der Waals surface area contributed by atoms with Gasteiger partial charge in [0.1, 0.15) is 23.7 Å². The van der Waals surface area contributed by atoms with Crippen LogP contribution in [0.4, 0.5) is 19.3 Å². The highest BCUT2D eigenvalue weighted by Crippen LogP contribution is 2.38. The van der Waals surface area contributed by atoms with Crippen LogP contribution in [-0.2, 0) is 9.59 Å². The Balaban J connectivity index is 1.71. The van der Waals surface area contributed by atoms with E-state index in [2.05, 4.69) is 10.6 Å². The fourth-order valence-corrected chi connectivity index (χ4v) is 3.61. The highest BCUT2D eigenvalue weighted by Gasteiger charge is 2.55. The number of amides is 4. The van der Waals surface area contributed by atoms with Gasteiger partial charge < -0.3 is 10.6 Å². The van der Waals surface area contributed by atoms with E-state index in [1.54, 1.807) is 0 Å². The molecule has 0 radical (unpaired) electrons. The van der Waals surface area contributed by atoms with Gasteiger partial charge in [0, 0.05) is 11.8 Å². The summed E-state index contributed by atoms with van der Waals surface area (Å²) in [5.74, 6) is -2.79. The molecule has 1 saturated carbocycles. The average Bonchev–Trinajstić information content (AvgIpc) is 2.74. The lowest BCUT2D eigenvalue weighted by molar-refractivity contribution is -0.136. The van der Waals surface area contributed by atoms with Crippen LogP contribution in [0.15, 0.2) is 18.2 Å². The van der Waals surface area contributed by atoms with Gasteiger partial charge in [-0.1, -0.05) is 19.8 Å². The van der Waals surface area contributed by atoms with Crippen LogP contribution >= 0.6 is 0 Å². The maximum Gasteiger partial charge on any atom is 0.325 e. The second kappa shape index (κ2) is 6.42. The van der Waals surface area contributed by atoms with Gasteiger partial charge in [-0.15, -0.1) is 0 Å². The Bertz CT molecular complexity index is 720. The van der Waals surface area contributed by atoms with Crippen LogP contribution in [0, 0.1) is 17.6 Å². The summed E-state index contributed by atoms with van der Waals surface area (Å²) in [6.45, 7) is 1.41. The fraction of sp³-hybridized carbons (Fsp3) is 0.471. The van der Waals surface area contributed by atoms with Gasteiger partial charge in [0.05, 0.1) is 0 Å². The summed E-state index contributed by atoms with van der Waals surface area (Å²) in [6, 6.07) is 1.98. The molecule has 0 bridgehead atoms. The van der Waals surface area contributed by atoms with Crippen molar-refractivity contribution < 1.29 is 23.2 Å². The molecule has 1 heterocycles. The Kier molecular flexibility index (Phi) is 4.45. The third kappa shape index (κ3) is 3.20. The SMILES string of the molecule is C[C@@H]1CCCC[C@]12NC(=O)N(CC(=O)Nc1cc(F)cc(F)c1)C2=O. The number of anilines is 1. The molecule has 1 spiro atoms. The van der Waals surface area contributed by atoms with Crippen LogP contribution in [0.25, 0.3) is 0 Å². The van der Waals surface area contributed by atoms with E-state index >= 15 is 0 Å². The number of halogens is 2. The normalized spacial score (nSPS) is 26.0. The lowest BCUT2D eigenvalue weighted by Gasteiger charge is -2.36. The zero-order valence-electron chi connectivity index (χ0n) is 13.8. The molecule has 0 unspecified atom stereocenters. The summed E-state index contributed by atoms with van der Waals surface area (Å²) in [4.78, 5) is 37.9. The average molecular weight is 351 g/mol. The van der Waals surface area contributed by atoms with Gasteiger partial charge in [0.25, 0.3) is 5.91 Å². The van der Waals surface area contributed by atoms with Crippen LogP contribution < -0.4 is 10.6 Å². The first-order valence-electron chi connectivity index (χ1n) is 8.22. The number of nitrogens with zero attached hydrogens (tertiary/aromatic N) is 1. The first kappa shape index (κ1) is 17.3. The Labute approximate surface area is 143 Å². The number of benzene rings is 1. The Morgan fingerprint density at radius 3 is 2.60 bits per heavy atom. The summed E-state index contributed by atoms with van der Waals surface area (Å²) < 4.78 is 26.3. The molecule has 1 aliphatic heterocycles. The second-order valence-corrected chi connectivity index (χ2v) is 6.65. The van der Waals surface area contributed by atoms with E-state index in [1.165, 1.54) is 0 Å². The second-order valence-electron chi connectivity index (χ2n) is 6.65. The molecule has 4 amide bonds. The summed E-state index contributed by atoms with van der Waals surface area (Å²) in [6.07, 6.45) is 3.21. The number of hydrogen-bond acceptors (Lipinski definition) is 3. The molecule has 2 fully saturated rings. The molecule has 1 aromatic carbocycles. The topological polar surface area (TPSA) is 78.5 Å². The lowest BCUT2D eigenvalue weighted by atomic mass is 9.73. The van der Waals surface area contributed by atoms with Crippen molar-refractivity contribution in [1.82, 2.24) is 10.2 Å². The van der Waals surface area contributed by atoms with Gasteiger partial charge in [0.15, 0.2) is 0 Å². The summed E-state index contributed by atoms with van der Waals surface area (Å²) >= 11 is 0. The summed E-state index contributed by atoms with van der Waals surface area (Å²) in [5.41, 5.74) is -1.02. The molecule has 2 N–H and O–H groups in total. The summed E-state index contributed by atoms with van der Waals surface area (Å²) in [5, 5.41) is 5.05. The third-order valence-electron chi connectivity index (χ3n) is 4.95. The fourth-order valence-electron chi connectivity index (χ4n) is 3.61. The van der Waals surface area contributed by atoms with Crippen molar-refractivity contribution in [2.75, 3.05) is 11.9 Å². The van der Waals surface area contributed by atoms with Crippen LogP contribution in [0.5, 0.6) is 0 Å². The van der Waals surface area contributed by atoms with Crippen LogP contribution in [0.3, 0.4) is 0 Å². The first-order valence-corrected chi connectivity index (χ1v) is 8.22. The molecule has 1 saturated heterocycles. The molecular weight excluding hydrogens is 332 g/mol. The monoisotopic (exact) mass is 351 g/mol. The molecule has 25 heavy (non-hydrogen) atoms. The zero-order chi connectivity index (χ0) is 18.2. The van der Waals surface area contributed by atoms with Gasteiger partial charge in [-0.05, 0) is 30.9 Å². The highest BCUT2D eigenvalue weighted by atomic mass is 19.1. The van der Waals surface area contributed by atoms with E-state index in [0.717, 1.165) is 36.3 Å². The van der Waals surface area contributed by atoms with E-state index in [9.17, 15) is 23.2 Å². The van der Waals surface area contributed by atoms with E-state index in [1.807, 2.05) is 6.92 Å². The van der Waals surface area contributed by atoms with Gasteiger partial charge in [-0.2, -0.15) is 0 Å². The number of carbonyl (C=O) groups excluding carboxylic acids is 3. The Morgan fingerprint density at radius 1 is 1.28 bits per heavy atom. The van der Waals surface area contributed by atoms with Gasteiger partial charge >= 0.3 is 6.03 Å². The van der Waals surface area contributed by atoms with E-state index < -0.39 is 41.6 Å². The molecular formula is C17H19F2N3O3. The van der Waals surface area contributed by atoms with Crippen molar-refractivity contribution in [3.63, 3.8) is 0 Å². The highest BCUT2D eigenvalue weighted by molar-refractivity contribution is 6.10. The van der Waals surface area contributed by atoms with Gasteiger partial charge in [-0.25, -0.2) is 13.6 Å². The van der Waals surface area contributed by atoms with Crippen molar-refractivity contribution >= 4 is 23.5 Å². The number of imide groups is 1. The number of rotatable bonds is 3. The number of nitrogens with one attached hydrogen (secondary N) is 2. The smallest absolute Gasteiger partial charge is 0.324 e. The molecule has 1 aromatic rings. The van der Waals surface area contributed by atoms with Crippen molar-refractivity contribution in [2.24, 2.45) is 5.92 Å². The molecule has 2 atom stereocenters. The quantitative estimate of drug-likeness (QED) is 0.821. The molecule has 8 heteroatoms. The van der Waals surface area contributed by atoms with Crippen molar-refractivity contribution in [1.29, 1.82) is 0 Å². The zero-order valence-corrected chi connectivity index (χ0v) is 13.8. The van der Waals surface area contributed by atoms with Crippen LogP contribution in [0.2, 0.25) is 0 Å². The van der Waals surface area contributed by atoms with E-state index in [-0.39, 0.29) is 11.6 Å². The largest absolute Gasteiger partial charge is 0.325 e. The molecule has 6 nitrogen and oxygen atoms in total.